The van der Waals surface area contributed by atoms with Gasteiger partial charge in [0.1, 0.15) is 10.4 Å². The second-order valence-electron chi connectivity index (χ2n) is 5.94. The number of rotatable bonds is 7. The minimum Gasteiger partial charge on any atom is -0.494 e. The minimum atomic E-state index is -0.442. The number of ether oxygens (including phenoxy) is 1. The summed E-state index contributed by atoms with van der Waals surface area (Å²) in [5, 5.41) is 10.8. The Hall–Kier alpha value is -2.85. The van der Waals surface area contributed by atoms with E-state index in [1.165, 1.54) is 23.1 Å². The fourth-order valence-electron chi connectivity index (χ4n) is 2.97. The van der Waals surface area contributed by atoms with Crippen molar-refractivity contribution in [2.45, 2.75) is 18.6 Å². The van der Waals surface area contributed by atoms with Gasteiger partial charge in [-0.2, -0.15) is 0 Å². The monoisotopic (exact) mass is 415 g/mol. The second kappa shape index (κ2) is 7.64. The fourth-order valence-corrected chi connectivity index (χ4v) is 4.48. The van der Waals surface area contributed by atoms with Crippen molar-refractivity contribution in [3.05, 3.63) is 51.6 Å². The Bertz CT molecular complexity index is 1230. The highest BCUT2D eigenvalue weighted by molar-refractivity contribution is 7.99. The SMILES string of the molecule is CCOc1ccccc1Cn1c(=O)c2sccc2n2c(SCC(N)=O)nnc12. The van der Waals surface area contributed by atoms with E-state index in [1.807, 2.05) is 42.6 Å². The number of nitrogens with two attached hydrogens (primary N) is 1. The van der Waals surface area contributed by atoms with Gasteiger partial charge in [0.15, 0.2) is 5.16 Å². The molecule has 3 aromatic heterocycles. The summed E-state index contributed by atoms with van der Waals surface area (Å²) in [6, 6.07) is 9.45. The lowest BCUT2D eigenvalue weighted by molar-refractivity contribution is -0.115. The normalized spacial score (nSPS) is 11.3. The molecule has 0 fully saturated rings. The van der Waals surface area contributed by atoms with Crippen LogP contribution >= 0.6 is 23.1 Å². The standard InChI is InChI=1S/C18H17N5O3S2/c1-2-26-13-6-4-3-5-11(13)9-22-16(25)15-12(7-8-27-15)23-17(22)20-21-18(23)28-10-14(19)24/h3-8H,2,9-10H2,1H3,(H2,19,24). The molecule has 0 spiro atoms. The molecular weight excluding hydrogens is 398 g/mol. The average molecular weight is 416 g/mol. The van der Waals surface area contributed by atoms with Gasteiger partial charge in [-0.05, 0) is 24.4 Å². The van der Waals surface area contributed by atoms with Crippen LogP contribution in [-0.4, -0.2) is 37.4 Å². The van der Waals surface area contributed by atoms with Crippen molar-refractivity contribution in [3.63, 3.8) is 0 Å². The van der Waals surface area contributed by atoms with E-state index in [1.54, 1.807) is 8.97 Å². The zero-order valence-electron chi connectivity index (χ0n) is 15.0. The second-order valence-corrected chi connectivity index (χ2v) is 7.80. The van der Waals surface area contributed by atoms with Crippen molar-refractivity contribution >= 4 is 45.0 Å². The van der Waals surface area contributed by atoms with Gasteiger partial charge in [-0.1, -0.05) is 30.0 Å². The lowest BCUT2D eigenvalue weighted by atomic mass is 10.2. The summed E-state index contributed by atoms with van der Waals surface area (Å²) in [7, 11) is 0. The number of thioether (sulfide) groups is 1. The predicted octanol–water partition coefficient (Wildman–Crippen LogP) is 2.13. The Balaban J connectivity index is 1.89. The molecule has 144 valence electrons. The molecule has 0 radical (unpaired) electrons. The molecule has 0 bridgehead atoms. The molecule has 0 aliphatic carbocycles. The van der Waals surface area contributed by atoms with E-state index >= 15 is 0 Å². The smallest absolute Gasteiger partial charge is 0.273 e. The molecule has 0 aliphatic rings. The predicted molar refractivity (Wildman–Crippen MR) is 109 cm³/mol. The Morgan fingerprint density at radius 3 is 2.89 bits per heavy atom. The van der Waals surface area contributed by atoms with E-state index < -0.39 is 5.91 Å². The lowest BCUT2D eigenvalue weighted by Gasteiger charge is -2.13. The van der Waals surface area contributed by atoms with Crippen LogP contribution in [0.4, 0.5) is 0 Å². The highest BCUT2D eigenvalue weighted by atomic mass is 32.2. The number of aromatic nitrogens is 4. The molecule has 0 unspecified atom stereocenters. The molecule has 0 atom stereocenters. The molecule has 0 saturated heterocycles. The van der Waals surface area contributed by atoms with E-state index in [9.17, 15) is 9.59 Å². The Labute approximate surface area is 167 Å². The molecule has 4 rings (SSSR count). The first-order chi connectivity index (χ1) is 13.6. The van der Waals surface area contributed by atoms with Gasteiger partial charge >= 0.3 is 0 Å². The fraction of sp³-hybridized carbons (Fsp3) is 0.222. The van der Waals surface area contributed by atoms with Crippen molar-refractivity contribution in [1.29, 1.82) is 0 Å². The number of para-hydroxylation sites is 1. The van der Waals surface area contributed by atoms with Crippen molar-refractivity contribution < 1.29 is 9.53 Å². The van der Waals surface area contributed by atoms with Crippen molar-refractivity contribution in [3.8, 4) is 5.75 Å². The number of thiophene rings is 1. The molecule has 8 nitrogen and oxygen atoms in total. The van der Waals surface area contributed by atoms with Gasteiger partial charge in [0.25, 0.3) is 5.56 Å². The third kappa shape index (κ3) is 3.25. The molecular formula is C18H17N5O3S2. The van der Waals surface area contributed by atoms with Gasteiger partial charge < -0.3 is 10.5 Å². The zero-order valence-corrected chi connectivity index (χ0v) is 16.6. The summed E-state index contributed by atoms with van der Waals surface area (Å²) >= 11 is 2.56. The van der Waals surface area contributed by atoms with Gasteiger partial charge in [-0.3, -0.25) is 18.6 Å². The van der Waals surface area contributed by atoms with Crippen LogP contribution in [0, 0.1) is 0 Å². The summed E-state index contributed by atoms with van der Waals surface area (Å²) in [5.41, 5.74) is 6.72. The first-order valence-corrected chi connectivity index (χ1v) is 10.4. The highest BCUT2D eigenvalue weighted by Gasteiger charge is 2.19. The maximum atomic E-state index is 13.1. The number of fused-ring (bicyclic) bond motifs is 3. The molecule has 2 N–H and O–H groups in total. The Morgan fingerprint density at radius 1 is 1.29 bits per heavy atom. The molecule has 10 heteroatoms. The molecule has 1 aromatic carbocycles. The Kier molecular flexibility index (Phi) is 5.05. The summed E-state index contributed by atoms with van der Waals surface area (Å²) in [6.07, 6.45) is 0. The van der Waals surface area contributed by atoms with Crippen LogP contribution in [0.5, 0.6) is 5.75 Å². The van der Waals surface area contributed by atoms with Crippen LogP contribution in [0.2, 0.25) is 0 Å². The van der Waals surface area contributed by atoms with Crippen LogP contribution < -0.4 is 16.0 Å². The van der Waals surface area contributed by atoms with Gasteiger partial charge in [0.05, 0.1) is 24.4 Å². The van der Waals surface area contributed by atoms with Gasteiger partial charge in [0.2, 0.25) is 11.7 Å². The maximum absolute atomic E-state index is 13.1. The van der Waals surface area contributed by atoms with E-state index in [4.69, 9.17) is 10.5 Å². The van der Waals surface area contributed by atoms with Crippen LogP contribution in [0.15, 0.2) is 45.7 Å². The number of hydrogen-bond donors (Lipinski definition) is 1. The van der Waals surface area contributed by atoms with Gasteiger partial charge in [-0.15, -0.1) is 21.5 Å². The number of hydrogen-bond acceptors (Lipinski definition) is 7. The van der Waals surface area contributed by atoms with Gasteiger partial charge in [-0.25, -0.2) is 0 Å². The molecule has 0 saturated carbocycles. The maximum Gasteiger partial charge on any atom is 0.273 e. The molecule has 3 heterocycles. The molecule has 28 heavy (non-hydrogen) atoms. The molecule has 4 aromatic rings. The average Bonchev–Trinajstić information content (AvgIpc) is 3.31. The number of nitrogens with zero attached hydrogens (tertiary/aromatic N) is 4. The summed E-state index contributed by atoms with van der Waals surface area (Å²) in [4.78, 5) is 24.3. The Morgan fingerprint density at radius 2 is 2.11 bits per heavy atom. The minimum absolute atomic E-state index is 0.0821. The van der Waals surface area contributed by atoms with Crippen LogP contribution in [0.3, 0.4) is 0 Å². The first-order valence-electron chi connectivity index (χ1n) is 8.57. The van der Waals surface area contributed by atoms with Crippen molar-refractivity contribution in [1.82, 2.24) is 19.2 Å². The van der Waals surface area contributed by atoms with Crippen molar-refractivity contribution in [2.24, 2.45) is 5.73 Å². The number of amides is 1. The lowest BCUT2D eigenvalue weighted by Crippen LogP contribution is -2.23. The molecule has 1 amide bonds. The van der Waals surface area contributed by atoms with Crippen LogP contribution in [0.25, 0.3) is 16.0 Å². The first kappa shape index (κ1) is 18.5. The molecule has 0 aliphatic heterocycles. The van der Waals surface area contributed by atoms with E-state index in [-0.39, 0.29) is 11.3 Å². The topological polar surface area (TPSA) is 105 Å². The third-order valence-electron chi connectivity index (χ3n) is 4.13. The van der Waals surface area contributed by atoms with Crippen LogP contribution in [-0.2, 0) is 11.3 Å². The van der Waals surface area contributed by atoms with E-state index in [0.29, 0.717) is 28.8 Å². The number of carbonyl (C=O) groups excluding carboxylic acids is 1. The summed E-state index contributed by atoms with van der Waals surface area (Å²) in [5.74, 6) is 0.777. The summed E-state index contributed by atoms with van der Waals surface area (Å²) in [6.45, 7) is 2.74. The van der Waals surface area contributed by atoms with Gasteiger partial charge in [0, 0.05) is 5.56 Å². The third-order valence-corrected chi connectivity index (χ3v) is 5.97. The van der Waals surface area contributed by atoms with Crippen LogP contribution in [0.1, 0.15) is 12.5 Å². The largest absolute Gasteiger partial charge is 0.494 e. The van der Waals surface area contributed by atoms with E-state index in [2.05, 4.69) is 10.2 Å². The zero-order chi connectivity index (χ0) is 19.7. The number of primary amides is 1. The van der Waals surface area contributed by atoms with E-state index in [0.717, 1.165) is 16.8 Å². The van der Waals surface area contributed by atoms with Crippen molar-refractivity contribution in [2.75, 3.05) is 12.4 Å². The number of benzene rings is 1. The number of carbonyl (C=O) groups is 1. The summed E-state index contributed by atoms with van der Waals surface area (Å²) < 4.78 is 9.67. The highest BCUT2D eigenvalue weighted by Crippen LogP contribution is 2.25. The quantitative estimate of drug-likeness (QED) is 0.464.